The minimum Gasteiger partial charge on any atom is -0.494 e. The number of carbonyl (C=O) groups is 1. The number of nitrogens with zero attached hydrogens (tertiary/aromatic N) is 2. The van der Waals surface area contributed by atoms with Crippen molar-refractivity contribution >= 4 is 16.9 Å². The van der Waals surface area contributed by atoms with Gasteiger partial charge >= 0.3 is 0 Å². The first kappa shape index (κ1) is 21.9. The van der Waals surface area contributed by atoms with Crippen LogP contribution >= 0.6 is 0 Å². The number of para-hydroxylation sites is 2. The van der Waals surface area contributed by atoms with Crippen LogP contribution in [0.1, 0.15) is 50.4 Å². The number of benzene rings is 2. The van der Waals surface area contributed by atoms with Gasteiger partial charge in [-0.1, -0.05) is 37.6 Å². The number of ether oxygens (including phenoxy) is 1. The molecule has 0 bridgehead atoms. The molecular weight excluding hydrogens is 374 g/mol. The first-order chi connectivity index (χ1) is 14.7. The predicted molar refractivity (Wildman–Crippen MR) is 122 cm³/mol. The summed E-state index contributed by atoms with van der Waals surface area (Å²) in [4.78, 5) is 16.2. The SMILES string of the molecule is CCC(=O)NCCCCCc1nc2ccccc2n1CCCOc1cccc(C)c1. The van der Waals surface area contributed by atoms with Crippen molar-refractivity contribution in [3.05, 3.63) is 59.9 Å². The molecule has 0 atom stereocenters. The Bertz CT molecular complexity index is 948. The van der Waals surface area contributed by atoms with Gasteiger partial charge in [-0.05, 0) is 56.0 Å². The van der Waals surface area contributed by atoms with E-state index in [1.807, 2.05) is 25.1 Å². The summed E-state index contributed by atoms with van der Waals surface area (Å²) >= 11 is 0. The third kappa shape index (κ3) is 6.34. The van der Waals surface area contributed by atoms with Gasteiger partial charge in [0.25, 0.3) is 0 Å². The van der Waals surface area contributed by atoms with Crippen LogP contribution < -0.4 is 10.1 Å². The molecule has 5 nitrogen and oxygen atoms in total. The van der Waals surface area contributed by atoms with Crippen LogP contribution in [-0.2, 0) is 17.8 Å². The molecule has 0 aliphatic carbocycles. The van der Waals surface area contributed by atoms with Crippen molar-refractivity contribution in [1.82, 2.24) is 14.9 Å². The molecule has 0 fully saturated rings. The van der Waals surface area contributed by atoms with Crippen LogP contribution in [0.15, 0.2) is 48.5 Å². The number of hydrogen-bond acceptors (Lipinski definition) is 3. The summed E-state index contributed by atoms with van der Waals surface area (Å²) in [7, 11) is 0. The molecule has 0 radical (unpaired) electrons. The number of hydrogen-bond donors (Lipinski definition) is 1. The maximum atomic E-state index is 11.3. The second-order valence-electron chi connectivity index (χ2n) is 7.70. The zero-order valence-electron chi connectivity index (χ0n) is 18.2. The number of nitrogens with one attached hydrogen (secondary N) is 1. The fourth-order valence-electron chi connectivity index (χ4n) is 3.62. The van der Waals surface area contributed by atoms with Gasteiger partial charge in [-0.25, -0.2) is 4.98 Å². The van der Waals surface area contributed by atoms with Gasteiger partial charge in [-0.15, -0.1) is 0 Å². The Morgan fingerprint density at radius 2 is 1.93 bits per heavy atom. The van der Waals surface area contributed by atoms with E-state index in [0.29, 0.717) is 13.0 Å². The normalized spacial score (nSPS) is 11.0. The average molecular weight is 408 g/mol. The van der Waals surface area contributed by atoms with Crippen LogP contribution in [0.3, 0.4) is 0 Å². The number of unbranched alkanes of at least 4 members (excludes halogenated alkanes) is 2. The summed E-state index contributed by atoms with van der Waals surface area (Å²) in [5.41, 5.74) is 3.46. The summed E-state index contributed by atoms with van der Waals surface area (Å²) in [6, 6.07) is 16.5. The van der Waals surface area contributed by atoms with Crippen LogP contribution in [0.5, 0.6) is 5.75 Å². The summed E-state index contributed by atoms with van der Waals surface area (Å²) in [6.45, 7) is 6.31. The lowest BCUT2D eigenvalue weighted by atomic mass is 10.2. The molecule has 160 valence electrons. The third-order valence-electron chi connectivity index (χ3n) is 5.24. The van der Waals surface area contributed by atoms with Crippen molar-refractivity contribution in [1.29, 1.82) is 0 Å². The average Bonchev–Trinajstić information content (AvgIpc) is 3.11. The topological polar surface area (TPSA) is 56.2 Å². The Hall–Kier alpha value is -2.82. The zero-order chi connectivity index (χ0) is 21.2. The molecule has 0 saturated carbocycles. The Morgan fingerprint density at radius 1 is 1.07 bits per heavy atom. The molecule has 0 saturated heterocycles. The molecule has 30 heavy (non-hydrogen) atoms. The largest absolute Gasteiger partial charge is 0.494 e. The number of aromatic nitrogens is 2. The predicted octanol–water partition coefficient (Wildman–Crippen LogP) is 5.05. The third-order valence-corrected chi connectivity index (χ3v) is 5.24. The Labute approximate surface area is 179 Å². The first-order valence-electron chi connectivity index (χ1n) is 11.1. The number of aryl methyl sites for hydroxylation is 3. The van der Waals surface area contributed by atoms with Crippen molar-refractivity contribution in [3.8, 4) is 5.75 Å². The lowest BCUT2D eigenvalue weighted by Crippen LogP contribution is -2.23. The van der Waals surface area contributed by atoms with E-state index in [1.54, 1.807) is 0 Å². The van der Waals surface area contributed by atoms with Gasteiger partial charge in [-0.3, -0.25) is 4.79 Å². The smallest absolute Gasteiger partial charge is 0.219 e. The second-order valence-corrected chi connectivity index (χ2v) is 7.70. The summed E-state index contributed by atoms with van der Waals surface area (Å²) in [5, 5.41) is 2.94. The van der Waals surface area contributed by atoms with E-state index in [1.165, 1.54) is 11.1 Å². The molecule has 1 aromatic heterocycles. The molecule has 1 amide bonds. The van der Waals surface area contributed by atoms with Crippen LogP contribution in [-0.4, -0.2) is 28.6 Å². The van der Waals surface area contributed by atoms with Crippen LogP contribution in [0.25, 0.3) is 11.0 Å². The van der Waals surface area contributed by atoms with Gasteiger partial charge < -0.3 is 14.6 Å². The maximum absolute atomic E-state index is 11.3. The van der Waals surface area contributed by atoms with Crippen LogP contribution in [0.2, 0.25) is 0 Å². The van der Waals surface area contributed by atoms with Crippen molar-refractivity contribution in [2.24, 2.45) is 0 Å². The fraction of sp³-hybridized carbons (Fsp3) is 0.440. The van der Waals surface area contributed by atoms with Crippen LogP contribution in [0, 0.1) is 6.92 Å². The molecule has 3 rings (SSSR count). The van der Waals surface area contributed by atoms with Crippen molar-refractivity contribution < 1.29 is 9.53 Å². The van der Waals surface area contributed by atoms with E-state index in [-0.39, 0.29) is 5.91 Å². The summed E-state index contributed by atoms with van der Waals surface area (Å²) in [5.74, 6) is 2.20. The highest BCUT2D eigenvalue weighted by molar-refractivity contribution is 5.76. The van der Waals surface area contributed by atoms with E-state index in [4.69, 9.17) is 9.72 Å². The second kappa shape index (κ2) is 11.4. The van der Waals surface area contributed by atoms with E-state index in [0.717, 1.165) is 62.3 Å². The minimum atomic E-state index is 0.129. The van der Waals surface area contributed by atoms with Crippen molar-refractivity contribution in [2.75, 3.05) is 13.2 Å². The van der Waals surface area contributed by atoms with E-state index in [2.05, 4.69) is 47.1 Å². The Morgan fingerprint density at radius 3 is 2.77 bits per heavy atom. The standard InChI is InChI=1S/C25H33N3O2/c1-3-25(29)26-16-8-4-5-15-24-27-22-13-6-7-14-23(22)28(24)17-10-18-30-21-12-9-11-20(2)19-21/h6-7,9,11-14,19H,3-5,8,10,15-18H2,1-2H3,(H,26,29). The monoisotopic (exact) mass is 407 g/mol. The van der Waals surface area contributed by atoms with Gasteiger partial charge in [0.15, 0.2) is 0 Å². The number of carbonyl (C=O) groups excluding carboxylic acids is 1. The minimum absolute atomic E-state index is 0.129. The Kier molecular flexibility index (Phi) is 8.30. The zero-order valence-corrected chi connectivity index (χ0v) is 18.2. The first-order valence-corrected chi connectivity index (χ1v) is 11.1. The molecule has 0 aliphatic heterocycles. The van der Waals surface area contributed by atoms with Gasteiger partial charge in [0.1, 0.15) is 11.6 Å². The van der Waals surface area contributed by atoms with Crippen molar-refractivity contribution in [3.63, 3.8) is 0 Å². The molecule has 0 aliphatic rings. The summed E-state index contributed by atoms with van der Waals surface area (Å²) in [6.07, 6.45) is 5.61. The lowest BCUT2D eigenvalue weighted by Gasteiger charge is -2.11. The quantitative estimate of drug-likeness (QED) is 0.427. The molecule has 1 heterocycles. The van der Waals surface area contributed by atoms with Gasteiger partial charge in [0, 0.05) is 25.9 Å². The molecule has 0 spiro atoms. The van der Waals surface area contributed by atoms with E-state index in [9.17, 15) is 4.79 Å². The van der Waals surface area contributed by atoms with E-state index < -0.39 is 0 Å². The molecule has 2 aromatic carbocycles. The van der Waals surface area contributed by atoms with E-state index >= 15 is 0 Å². The highest BCUT2D eigenvalue weighted by Gasteiger charge is 2.10. The maximum Gasteiger partial charge on any atom is 0.219 e. The number of rotatable bonds is 12. The van der Waals surface area contributed by atoms with Gasteiger partial charge in [-0.2, -0.15) is 0 Å². The highest BCUT2D eigenvalue weighted by atomic mass is 16.5. The number of fused-ring (bicyclic) bond motifs is 1. The number of amides is 1. The highest BCUT2D eigenvalue weighted by Crippen LogP contribution is 2.19. The number of imidazole rings is 1. The Balaban J connectivity index is 1.52. The lowest BCUT2D eigenvalue weighted by molar-refractivity contribution is -0.120. The van der Waals surface area contributed by atoms with Gasteiger partial charge in [0.2, 0.25) is 5.91 Å². The van der Waals surface area contributed by atoms with Crippen molar-refractivity contribution in [2.45, 2.75) is 58.9 Å². The fourth-order valence-corrected chi connectivity index (χ4v) is 3.62. The molecular formula is C25H33N3O2. The van der Waals surface area contributed by atoms with Gasteiger partial charge in [0.05, 0.1) is 17.6 Å². The van der Waals surface area contributed by atoms with Crippen LogP contribution in [0.4, 0.5) is 0 Å². The molecule has 1 N–H and O–H groups in total. The molecule has 3 aromatic rings. The summed E-state index contributed by atoms with van der Waals surface area (Å²) < 4.78 is 8.26. The molecule has 5 heteroatoms. The molecule has 0 unspecified atom stereocenters.